The third kappa shape index (κ3) is 2.13. The van der Waals surface area contributed by atoms with Gasteiger partial charge in [-0.1, -0.05) is 13.8 Å². The lowest BCUT2D eigenvalue weighted by atomic mass is 9.43. The lowest BCUT2D eigenvalue weighted by Gasteiger charge is -2.61. The Hall–Kier alpha value is -0.740. The summed E-state index contributed by atoms with van der Waals surface area (Å²) in [5, 5.41) is 22.0. The molecule has 0 saturated heterocycles. The second-order valence-corrected chi connectivity index (χ2v) is 9.95. The molecular formula is C21H32O4. The Kier molecular flexibility index (Phi) is 3.81. The topological polar surface area (TPSA) is 74.6 Å². The van der Waals surface area contributed by atoms with Crippen molar-refractivity contribution >= 4 is 11.6 Å². The maximum atomic E-state index is 12.2. The van der Waals surface area contributed by atoms with E-state index in [9.17, 15) is 19.8 Å². The second-order valence-electron chi connectivity index (χ2n) is 9.95. The number of carbonyl (C=O) groups is 2. The molecule has 140 valence electrons. The molecule has 0 bridgehead atoms. The van der Waals surface area contributed by atoms with E-state index in [2.05, 4.69) is 13.8 Å². The monoisotopic (exact) mass is 348 g/mol. The summed E-state index contributed by atoms with van der Waals surface area (Å²) in [6.07, 6.45) is 5.66. The molecule has 4 heteroatoms. The molecule has 0 aromatic rings. The minimum absolute atomic E-state index is 0.0223. The molecule has 0 unspecified atom stereocenters. The number of hydrogen-bond acceptors (Lipinski definition) is 4. The van der Waals surface area contributed by atoms with Crippen LogP contribution in [0, 0.1) is 34.5 Å². The van der Waals surface area contributed by atoms with E-state index in [1.807, 2.05) is 0 Å². The molecule has 25 heavy (non-hydrogen) atoms. The quantitative estimate of drug-likeness (QED) is 0.764. The van der Waals surface area contributed by atoms with E-state index in [1.165, 1.54) is 6.92 Å². The Morgan fingerprint density at radius 2 is 1.76 bits per heavy atom. The van der Waals surface area contributed by atoms with Gasteiger partial charge in [0.15, 0.2) is 5.78 Å². The zero-order valence-corrected chi connectivity index (χ0v) is 15.8. The molecule has 0 aliphatic heterocycles. The Bertz CT molecular complexity index is 615. The van der Waals surface area contributed by atoms with Crippen molar-refractivity contribution in [3.05, 3.63) is 0 Å². The first-order valence-electron chi connectivity index (χ1n) is 10.1. The first kappa shape index (κ1) is 17.7. The van der Waals surface area contributed by atoms with Crippen LogP contribution in [-0.2, 0) is 9.59 Å². The number of ketones is 2. The van der Waals surface area contributed by atoms with Crippen molar-refractivity contribution in [1.82, 2.24) is 0 Å². The number of aliphatic hydroxyl groups is 2. The van der Waals surface area contributed by atoms with Crippen molar-refractivity contribution in [3.8, 4) is 0 Å². The Morgan fingerprint density at radius 1 is 1.08 bits per heavy atom. The largest absolute Gasteiger partial charge is 0.393 e. The molecule has 4 rings (SSSR count). The molecule has 0 spiro atoms. The fraction of sp³-hybridized carbons (Fsp3) is 0.905. The second kappa shape index (κ2) is 5.39. The number of rotatable bonds is 1. The molecule has 0 aromatic carbocycles. The number of carbonyl (C=O) groups excluding carboxylic acids is 2. The van der Waals surface area contributed by atoms with Crippen LogP contribution in [0.1, 0.15) is 72.1 Å². The number of fused-ring (bicyclic) bond motifs is 5. The van der Waals surface area contributed by atoms with E-state index in [0.717, 1.165) is 32.1 Å². The van der Waals surface area contributed by atoms with Gasteiger partial charge in [0.2, 0.25) is 0 Å². The fourth-order valence-electron chi connectivity index (χ4n) is 7.68. The third-order valence-electron chi connectivity index (χ3n) is 9.23. The van der Waals surface area contributed by atoms with Crippen LogP contribution in [0.25, 0.3) is 0 Å². The predicted molar refractivity (Wildman–Crippen MR) is 93.8 cm³/mol. The maximum Gasteiger partial charge on any atom is 0.161 e. The number of aliphatic hydroxyl groups excluding tert-OH is 1. The van der Waals surface area contributed by atoms with Gasteiger partial charge >= 0.3 is 0 Å². The van der Waals surface area contributed by atoms with E-state index < -0.39 is 11.7 Å². The smallest absolute Gasteiger partial charge is 0.161 e. The average molecular weight is 348 g/mol. The van der Waals surface area contributed by atoms with Crippen LogP contribution in [-0.4, -0.2) is 33.5 Å². The highest BCUT2D eigenvalue weighted by atomic mass is 16.3. The normalized spacial score (nSPS) is 55.2. The van der Waals surface area contributed by atoms with Crippen LogP contribution in [0.3, 0.4) is 0 Å². The molecule has 0 amide bonds. The summed E-state index contributed by atoms with van der Waals surface area (Å²) >= 11 is 0. The summed E-state index contributed by atoms with van der Waals surface area (Å²) in [6, 6.07) is 0. The zero-order valence-electron chi connectivity index (χ0n) is 15.8. The van der Waals surface area contributed by atoms with Gasteiger partial charge in [-0.05, 0) is 74.5 Å². The van der Waals surface area contributed by atoms with Crippen LogP contribution in [0.15, 0.2) is 0 Å². The lowest BCUT2D eigenvalue weighted by Crippen LogP contribution is -2.60. The molecule has 2 N–H and O–H groups in total. The molecule has 0 radical (unpaired) electrons. The minimum atomic E-state index is -1.20. The predicted octanol–water partition coefficient (Wildman–Crippen LogP) is 2.89. The summed E-state index contributed by atoms with van der Waals surface area (Å²) in [6.45, 7) is 5.92. The van der Waals surface area contributed by atoms with Gasteiger partial charge in [0.25, 0.3) is 0 Å². The van der Waals surface area contributed by atoms with E-state index in [1.54, 1.807) is 0 Å². The summed E-state index contributed by atoms with van der Waals surface area (Å²) in [5.74, 6) is 1.45. The zero-order chi connectivity index (χ0) is 18.2. The van der Waals surface area contributed by atoms with Gasteiger partial charge in [-0.15, -0.1) is 0 Å². The Balaban J connectivity index is 1.69. The van der Waals surface area contributed by atoms with Crippen LogP contribution in [0.4, 0.5) is 0 Å². The van der Waals surface area contributed by atoms with Crippen molar-refractivity contribution in [1.29, 1.82) is 0 Å². The molecule has 4 fully saturated rings. The highest BCUT2D eigenvalue weighted by Gasteiger charge is 2.67. The van der Waals surface area contributed by atoms with Gasteiger partial charge in [0.1, 0.15) is 11.4 Å². The molecule has 4 nitrogen and oxygen atoms in total. The maximum absolute atomic E-state index is 12.2. The highest BCUT2D eigenvalue weighted by molar-refractivity contribution is 5.86. The molecule has 4 aliphatic carbocycles. The summed E-state index contributed by atoms with van der Waals surface area (Å²) in [7, 11) is 0. The van der Waals surface area contributed by atoms with Crippen molar-refractivity contribution in [2.45, 2.75) is 83.8 Å². The number of Topliss-reactive ketones (excluding diaryl/α,β-unsaturated/α-hetero) is 2. The summed E-state index contributed by atoms with van der Waals surface area (Å²) in [5.41, 5.74) is -1.55. The summed E-state index contributed by atoms with van der Waals surface area (Å²) in [4.78, 5) is 24.2. The van der Waals surface area contributed by atoms with E-state index in [0.29, 0.717) is 42.8 Å². The SMILES string of the molecule is CC(=O)[C@]1(O)CC[C@@H]2[C@@H]3C[C@@H](O)[C@H]4CC(=O)CC[C@]4(C)[C@@H]3CC[C@@]21C. The van der Waals surface area contributed by atoms with Crippen LogP contribution < -0.4 is 0 Å². The Morgan fingerprint density at radius 3 is 2.44 bits per heavy atom. The first-order chi connectivity index (χ1) is 11.6. The molecule has 4 aliphatic rings. The molecule has 4 saturated carbocycles. The van der Waals surface area contributed by atoms with E-state index in [-0.39, 0.29) is 22.5 Å². The standard InChI is InChI=1S/C21H32O4/c1-12(22)21(25)9-6-16-14-11-18(24)17-10-13(23)4-7-19(17,2)15(14)5-8-20(16,21)3/h14-18,24-25H,4-11H2,1-3H3/t14-,15-,16-,17-,18-,19-,20+,21-/m1/s1. The molecular weight excluding hydrogens is 316 g/mol. The molecule has 8 atom stereocenters. The van der Waals surface area contributed by atoms with Gasteiger partial charge < -0.3 is 10.2 Å². The van der Waals surface area contributed by atoms with Gasteiger partial charge in [0.05, 0.1) is 6.10 Å². The molecule has 0 aromatic heterocycles. The van der Waals surface area contributed by atoms with Gasteiger partial charge in [-0.25, -0.2) is 0 Å². The van der Waals surface area contributed by atoms with Gasteiger partial charge in [0, 0.05) is 18.3 Å². The van der Waals surface area contributed by atoms with Crippen LogP contribution in [0.2, 0.25) is 0 Å². The first-order valence-corrected chi connectivity index (χ1v) is 10.1. The van der Waals surface area contributed by atoms with Gasteiger partial charge in [-0.2, -0.15) is 0 Å². The lowest BCUT2D eigenvalue weighted by molar-refractivity contribution is -0.184. The van der Waals surface area contributed by atoms with Crippen LogP contribution >= 0.6 is 0 Å². The summed E-state index contributed by atoms with van der Waals surface area (Å²) < 4.78 is 0. The van der Waals surface area contributed by atoms with Crippen molar-refractivity contribution < 1.29 is 19.8 Å². The van der Waals surface area contributed by atoms with Crippen LogP contribution in [0.5, 0.6) is 0 Å². The third-order valence-corrected chi connectivity index (χ3v) is 9.23. The van der Waals surface area contributed by atoms with E-state index in [4.69, 9.17) is 0 Å². The Labute approximate surface area is 150 Å². The minimum Gasteiger partial charge on any atom is -0.393 e. The fourth-order valence-corrected chi connectivity index (χ4v) is 7.68. The highest BCUT2D eigenvalue weighted by Crippen LogP contribution is 2.68. The average Bonchev–Trinajstić information content (AvgIpc) is 2.83. The van der Waals surface area contributed by atoms with Gasteiger partial charge in [-0.3, -0.25) is 9.59 Å². The van der Waals surface area contributed by atoms with Crippen molar-refractivity contribution in [2.24, 2.45) is 34.5 Å². The molecule has 0 heterocycles. The number of hydrogen-bond donors (Lipinski definition) is 2. The van der Waals surface area contributed by atoms with E-state index >= 15 is 0 Å². The van der Waals surface area contributed by atoms with Crippen molar-refractivity contribution in [3.63, 3.8) is 0 Å². The van der Waals surface area contributed by atoms with Crippen molar-refractivity contribution in [2.75, 3.05) is 0 Å².